The van der Waals surface area contributed by atoms with Gasteiger partial charge in [-0.25, -0.2) is 0 Å². The van der Waals surface area contributed by atoms with Crippen LogP contribution in [0.3, 0.4) is 0 Å². The van der Waals surface area contributed by atoms with Crippen LogP contribution in [-0.2, 0) is 47.3 Å². The first-order chi connectivity index (χ1) is 72.1. The standard InChI is InChI=1S/C128H154Br2N2O4S12/c1-15-25-30-32-38-50-74-132-122(134)108-106-116(146-118(108)124(132)136)114(98-78-90-102(95-65-61-87(139-95)75-81(23-9)51-27-17-3)111-91(79-99(143-111)125(11,67-20-6)83-53-41-39-42-54-83)103(109(90)142-98)96-66-62-88(140-96)76-82(24-10)52-28-18-4)148-120(106)128(14,70-29-19-5)127(13,69-22-8)100-80-92-104(94-64-60-86(138-94)58-46-34-36-48-72-130)110-89(101(112(92)144-100)93-63-59-85(137-93)57-45-33-35-47-71-129)77-97(141-110)113-115-105(119(147-113)126(12,68-21-7)84-55-43-40-44-56-84)107-117(145-115)123(135)131(121(107)133)73-49-37-31-26-16-2/h39-44,53-56,59-66,77-82H,15-38,45-52,57-58,67-76H2,1-14H3/t81?,82?,125-,126?,127+,128?/m1/s1. The van der Waals surface area contributed by atoms with E-state index in [9.17, 15) is 0 Å². The molecule has 0 saturated heterocycles. The molecule has 16 aromatic rings. The molecule has 18 rings (SSSR count). The van der Waals surface area contributed by atoms with Gasteiger partial charge in [0.2, 0.25) is 0 Å². The zero-order valence-corrected chi connectivity index (χ0v) is 103. The van der Waals surface area contributed by atoms with Crippen molar-refractivity contribution >= 4 is 252 Å². The Morgan fingerprint density at radius 2 is 0.655 bits per heavy atom. The molecule has 0 bridgehead atoms. The number of amides is 4. The number of nitrogens with zero attached hydrogens (tertiary/aromatic N) is 2. The maximum absolute atomic E-state index is 16.6. The molecular formula is C128H154Br2N2O4S12. The number of rotatable bonds is 59. The average Bonchev–Trinajstić information content (AvgIpc) is 1.53. The molecule has 2 aliphatic heterocycles. The lowest BCUT2D eigenvalue weighted by atomic mass is 9.59. The number of halogens is 2. The van der Waals surface area contributed by atoms with E-state index >= 15 is 19.2 Å². The molecule has 2 aliphatic rings. The minimum Gasteiger partial charge on any atom is -0.274 e. The van der Waals surface area contributed by atoms with Gasteiger partial charge in [-0.1, -0.05) is 356 Å². The summed E-state index contributed by atoms with van der Waals surface area (Å²) in [6.45, 7) is 34.5. The SMILES string of the molecule is CCCCCCCCN1C(=O)c2sc3c(-c4cc5c(-c6ccc(CC(CC)CCCC)s6)c6sc([C@](C)(CCC)c7ccccc7)cc6c(-c6ccc(CC(CC)CCCC)s6)c5s4)sc(C(C)(CCCC)[C@@](C)(CCC)c4cc5c(-c6ccc(CCCCCCBr)s6)c6sc(-c7sc(C(C)(CCC)c8ccccc8)c8c9c(sc78)C(=O)N(CCCCCCC)C9=O)cc6c(-c6ccc(CCCCCCBr)s6)c5s4)c3c2C1=O. The number of carbonyl (C=O) groups is 4. The van der Waals surface area contributed by atoms with Crippen molar-refractivity contribution in [2.24, 2.45) is 11.8 Å². The summed E-state index contributed by atoms with van der Waals surface area (Å²) in [5.74, 6) is 0.743. The second kappa shape index (κ2) is 50.5. The summed E-state index contributed by atoms with van der Waals surface area (Å²) in [6.07, 6.45) is 43.5. The molecule has 0 saturated carbocycles. The molecule has 20 heteroatoms. The van der Waals surface area contributed by atoms with Crippen molar-refractivity contribution in [3.63, 3.8) is 0 Å². The molecule has 12 aromatic heterocycles. The highest BCUT2D eigenvalue weighted by molar-refractivity contribution is 9.09. The second-order valence-corrected chi connectivity index (χ2v) is 58.1. The van der Waals surface area contributed by atoms with Crippen LogP contribution in [0.1, 0.15) is 418 Å². The molecule has 4 aromatic carbocycles. The Labute approximate surface area is 947 Å². The van der Waals surface area contributed by atoms with E-state index < -0.39 is 16.2 Å². The number of unbranched alkanes of at least 4 members (excludes halogenated alkanes) is 18. The van der Waals surface area contributed by atoms with Gasteiger partial charge < -0.3 is 0 Å². The normalized spacial score (nSPS) is 15.2. The number of fused-ring (bicyclic) bond motifs is 10. The molecule has 148 heavy (non-hydrogen) atoms. The number of hydrogen-bond donors (Lipinski definition) is 0. The minimum atomic E-state index is -0.603. The monoisotopic (exact) mass is 2320 g/mol. The Morgan fingerprint density at radius 1 is 0.284 bits per heavy atom. The molecule has 0 fully saturated rings. The van der Waals surface area contributed by atoms with Crippen LogP contribution in [0.25, 0.3) is 122 Å². The van der Waals surface area contributed by atoms with E-state index in [1.165, 1.54) is 243 Å². The number of benzene rings is 4. The van der Waals surface area contributed by atoms with Crippen molar-refractivity contribution in [2.45, 2.75) is 375 Å². The van der Waals surface area contributed by atoms with E-state index in [2.05, 4.69) is 274 Å². The molecule has 786 valence electrons. The lowest BCUT2D eigenvalue weighted by Gasteiger charge is -2.47. The third kappa shape index (κ3) is 22.2. The Balaban J connectivity index is 0.892. The first-order valence-corrected chi connectivity index (χ1v) is 68.7. The molecule has 0 N–H and O–H groups in total. The summed E-state index contributed by atoms with van der Waals surface area (Å²) in [7, 11) is 0. The van der Waals surface area contributed by atoms with Gasteiger partial charge in [0.05, 0.1) is 30.3 Å². The Kier molecular flexibility index (Phi) is 38.1. The maximum atomic E-state index is 16.6. The highest BCUT2D eigenvalue weighted by Gasteiger charge is 2.53. The highest BCUT2D eigenvalue weighted by atomic mass is 79.9. The predicted octanol–water partition coefficient (Wildman–Crippen LogP) is 44.8. The summed E-state index contributed by atoms with van der Waals surface area (Å²) in [5.41, 5.74) is 7.30. The molecule has 0 aliphatic carbocycles. The van der Waals surface area contributed by atoms with Crippen LogP contribution < -0.4 is 0 Å². The van der Waals surface area contributed by atoms with Crippen LogP contribution in [0.5, 0.6) is 0 Å². The lowest BCUT2D eigenvalue weighted by Crippen LogP contribution is -2.44. The lowest BCUT2D eigenvalue weighted by molar-refractivity contribution is 0.0637. The van der Waals surface area contributed by atoms with Gasteiger partial charge in [0.15, 0.2) is 0 Å². The predicted molar refractivity (Wildman–Crippen MR) is 669 cm³/mol. The van der Waals surface area contributed by atoms with Gasteiger partial charge in [0.25, 0.3) is 23.6 Å². The van der Waals surface area contributed by atoms with Gasteiger partial charge in [-0.2, -0.15) is 0 Å². The molecule has 0 spiro atoms. The summed E-state index contributed by atoms with van der Waals surface area (Å²) in [4.78, 5) is 89.0. The van der Waals surface area contributed by atoms with Crippen LogP contribution in [0.2, 0.25) is 0 Å². The van der Waals surface area contributed by atoms with E-state index in [1.807, 2.05) is 102 Å². The van der Waals surface area contributed by atoms with Gasteiger partial charge in [0, 0.05) is 187 Å². The molecule has 4 amide bonds. The van der Waals surface area contributed by atoms with Gasteiger partial charge in [-0.3, -0.25) is 29.0 Å². The van der Waals surface area contributed by atoms with Crippen molar-refractivity contribution in [2.75, 3.05) is 23.7 Å². The Hall–Kier alpha value is -5.92. The number of imide groups is 2. The summed E-state index contributed by atoms with van der Waals surface area (Å²) in [5, 5.41) is 9.26. The van der Waals surface area contributed by atoms with Crippen molar-refractivity contribution in [3.05, 3.63) is 204 Å². The minimum absolute atomic E-state index is 0.116. The van der Waals surface area contributed by atoms with Crippen molar-refractivity contribution in [3.8, 4) is 61.3 Å². The number of carbonyl (C=O) groups excluding carboxylic acids is 4. The fraction of sp³-hybridized carbons (Fsp3) is 0.500. The maximum Gasteiger partial charge on any atom is 0.271 e. The van der Waals surface area contributed by atoms with E-state index in [1.54, 1.807) is 32.5 Å². The number of hydrogen-bond acceptors (Lipinski definition) is 16. The molecule has 6 atom stereocenters. The topological polar surface area (TPSA) is 74.8 Å². The number of thiophene rings is 12. The molecule has 4 unspecified atom stereocenters. The van der Waals surface area contributed by atoms with E-state index in [0.29, 0.717) is 45.8 Å². The highest BCUT2D eigenvalue weighted by Crippen LogP contribution is 2.66. The van der Waals surface area contributed by atoms with Gasteiger partial charge >= 0.3 is 0 Å². The van der Waals surface area contributed by atoms with Crippen LogP contribution in [-0.4, -0.2) is 57.2 Å². The van der Waals surface area contributed by atoms with Gasteiger partial charge in [0.1, 0.15) is 9.75 Å². The van der Waals surface area contributed by atoms with Crippen LogP contribution in [0.15, 0.2) is 133 Å². The Morgan fingerprint density at radius 3 is 1.09 bits per heavy atom. The van der Waals surface area contributed by atoms with Crippen LogP contribution in [0, 0.1) is 11.8 Å². The van der Waals surface area contributed by atoms with Gasteiger partial charge in [-0.05, 0) is 186 Å². The summed E-state index contributed by atoms with van der Waals surface area (Å²) < 4.78 is 7.43. The Bertz CT molecular complexity index is 7060. The first kappa shape index (κ1) is 112. The largest absolute Gasteiger partial charge is 0.274 e. The van der Waals surface area contributed by atoms with E-state index in [-0.39, 0.29) is 29.0 Å². The summed E-state index contributed by atoms with van der Waals surface area (Å²) in [6, 6.07) is 52.8. The van der Waals surface area contributed by atoms with E-state index in [0.717, 1.165) is 196 Å². The molecule has 6 nitrogen and oxygen atoms in total. The number of aryl methyl sites for hydroxylation is 2. The molecule has 14 heterocycles. The van der Waals surface area contributed by atoms with E-state index in [4.69, 9.17) is 0 Å². The fourth-order valence-electron chi connectivity index (χ4n) is 24.4. The molecule has 0 radical (unpaired) electrons. The molecular weight excluding hydrogens is 2170 g/mol. The van der Waals surface area contributed by atoms with Crippen LogP contribution >= 0.6 is 168 Å². The second-order valence-electron chi connectivity index (χ2n) is 43.6. The first-order valence-electron chi connectivity index (χ1n) is 56.6. The summed E-state index contributed by atoms with van der Waals surface area (Å²) >= 11 is 30.6. The van der Waals surface area contributed by atoms with Crippen molar-refractivity contribution in [1.82, 2.24) is 9.80 Å². The van der Waals surface area contributed by atoms with Crippen LogP contribution in [0.4, 0.5) is 0 Å². The number of alkyl halides is 2. The zero-order chi connectivity index (χ0) is 104. The zero-order valence-electron chi connectivity index (χ0n) is 90.2. The third-order valence-corrected chi connectivity index (χ3v) is 49.9. The van der Waals surface area contributed by atoms with Gasteiger partial charge in [-0.15, -0.1) is 136 Å². The fourth-order valence-corrected chi connectivity index (χ4v) is 41.8. The quantitative estimate of drug-likeness (QED) is 0.0216. The smallest absolute Gasteiger partial charge is 0.271 e. The third-order valence-electron chi connectivity index (χ3n) is 33.2. The average molecular weight is 2330 g/mol. The van der Waals surface area contributed by atoms with Crippen molar-refractivity contribution < 1.29 is 19.2 Å². The van der Waals surface area contributed by atoms with Crippen molar-refractivity contribution in [1.29, 1.82) is 0 Å².